The minimum absolute atomic E-state index is 0.0609. The lowest BCUT2D eigenvalue weighted by Gasteiger charge is -2.34. The minimum Gasteiger partial charge on any atom is -0.491 e. The van der Waals surface area contributed by atoms with E-state index in [0.717, 1.165) is 36.0 Å². The van der Waals surface area contributed by atoms with E-state index in [2.05, 4.69) is 9.97 Å². The fraction of sp³-hybridized carbons (Fsp3) is 0.600. The van der Waals surface area contributed by atoms with E-state index < -0.39 is 5.60 Å². The van der Waals surface area contributed by atoms with Crippen molar-refractivity contribution >= 4 is 16.9 Å². The fourth-order valence-corrected chi connectivity index (χ4v) is 3.63. The zero-order valence-corrected chi connectivity index (χ0v) is 16.1. The Morgan fingerprint density at radius 3 is 2.69 bits per heavy atom. The lowest BCUT2D eigenvalue weighted by atomic mass is 9.86. The summed E-state index contributed by atoms with van der Waals surface area (Å²) >= 11 is 0. The highest BCUT2D eigenvalue weighted by atomic mass is 16.5. The number of aromatic nitrogens is 2. The Labute approximate surface area is 154 Å². The second-order valence-corrected chi connectivity index (χ2v) is 8.18. The predicted molar refractivity (Wildman–Crippen MR) is 101 cm³/mol. The highest BCUT2D eigenvalue weighted by Crippen LogP contribution is 2.27. The fourth-order valence-electron chi connectivity index (χ4n) is 3.63. The molecule has 0 aliphatic carbocycles. The minimum atomic E-state index is -0.647. The molecule has 1 aromatic carbocycles. The molecule has 2 N–H and O–H groups in total. The number of amides is 1. The number of hydrogen-bond donors (Lipinski definition) is 2. The first-order valence-corrected chi connectivity index (χ1v) is 9.39. The molecule has 3 rings (SSSR count). The molecular formula is C20H29N3O3. The summed E-state index contributed by atoms with van der Waals surface area (Å²) < 4.78 is 5.70. The Morgan fingerprint density at radius 1 is 1.38 bits per heavy atom. The summed E-state index contributed by atoms with van der Waals surface area (Å²) in [4.78, 5) is 22.2. The molecule has 0 spiro atoms. The molecule has 6 heteroatoms. The number of H-pyrrole nitrogens is 1. The van der Waals surface area contributed by atoms with Crippen LogP contribution in [0.5, 0.6) is 5.75 Å². The molecule has 0 bridgehead atoms. The SMILES string of the molecule is CC(C)Oc1ccc2nc(C(=O)N3CCC(CC(C)(C)O)CC3)[nH]c2c1. The van der Waals surface area contributed by atoms with Crippen LogP contribution in [0.25, 0.3) is 11.0 Å². The average Bonchev–Trinajstić information content (AvgIpc) is 2.96. The van der Waals surface area contributed by atoms with E-state index in [1.54, 1.807) is 0 Å². The van der Waals surface area contributed by atoms with Crippen molar-refractivity contribution in [1.82, 2.24) is 14.9 Å². The lowest BCUT2D eigenvalue weighted by molar-refractivity contribution is 0.0355. The van der Waals surface area contributed by atoms with Gasteiger partial charge in [-0.25, -0.2) is 4.98 Å². The second kappa shape index (κ2) is 7.27. The number of carbonyl (C=O) groups excluding carboxylic acids is 1. The van der Waals surface area contributed by atoms with E-state index in [1.165, 1.54) is 0 Å². The summed E-state index contributed by atoms with van der Waals surface area (Å²) in [6.45, 7) is 9.06. The van der Waals surface area contributed by atoms with Gasteiger partial charge in [0.25, 0.3) is 5.91 Å². The van der Waals surface area contributed by atoms with Crippen molar-refractivity contribution in [2.45, 2.75) is 58.7 Å². The number of aromatic amines is 1. The van der Waals surface area contributed by atoms with Crippen molar-refractivity contribution in [3.8, 4) is 5.75 Å². The van der Waals surface area contributed by atoms with Gasteiger partial charge >= 0.3 is 0 Å². The summed E-state index contributed by atoms with van der Waals surface area (Å²) in [5.74, 6) is 1.55. The monoisotopic (exact) mass is 359 g/mol. The molecule has 1 fully saturated rings. The molecule has 2 aromatic rings. The lowest BCUT2D eigenvalue weighted by Crippen LogP contribution is -2.40. The predicted octanol–water partition coefficient (Wildman–Crippen LogP) is 3.36. The maximum absolute atomic E-state index is 12.8. The van der Waals surface area contributed by atoms with Crippen LogP contribution in [0.3, 0.4) is 0 Å². The average molecular weight is 359 g/mol. The Hall–Kier alpha value is -2.08. The standard InChI is InChI=1S/C20H29N3O3/c1-13(2)26-15-5-6-16-17(11-15)22-18(21-16)19(24)23-9-7-14(8-10-23)12-20(3,4)25/h5-6,11,13-14,25H,7-10,12H2,1-4H3,(H,21,22). The van der Waals surface area contributed by atoms with Crippen molar-refractivity contribution in [3.05, 3.63) is 24.0 Å². The number of piperidine rings is 1. The number of nitrogens with zero attached hydrogens (tertiary/aromatic N) is 2. The van der Waals surface area contributed by atoms with Crippen LogP contribution in [0.2, 0.25) is 0 Å². The number of benzene rings is 1. The van der Waals surface area contributed by atoms with E-state index in [1.807, 2.05) is 50.8 Å². The molecule has 0 atom stereocenters. The van der Waals surface area contributed by atoms with Crippen LogP contribution in [0.1, 0.15) is 57.6 Å². The topological polar surface area (TPSA) is 78.4 Å². The van der Waals surface area contributed by atoms with E-state index in [9.17, 15) is 9.90 Å². The molecule has 1 aliphatic rings. The number of ether oxygens (including phenoxy) is 1. The molecular weight excluding hydrogens is 330 g/mol. The van der Waals surface area contributed by atoms with Crippen LogP contribution in [0, 0.1) is 5.92 Å². The largest absolute Gasteiger partial charge is 0.491 e. The second-order valence-electron chi connectivity index (χ2n) is 8.18. The molecule has 1 aliphatic heterocycles. The summed E-state index contributed by atoms with van der Waals surface area (Å²) in [7, 11) is 0. The third-order valence-corrected chi connectivity index (χ3v) is 4.72. The van der Waals surface area contributed by atoms with Gasteiger partial charge in [0, 0.05) is 19.2 Å². The van der Waals surface area contributed by atoms with Crippen molar-refractivity contribution in [3.63, 3.8) is 0 Å². The molecule has 1 saturated heterocycles. The third-order valence-electron chi connectivity index (χ3n) is 4.72. The normalized spacial score (nSPS) is 16.5. The van der Waals surface area contributed by atoms with Crippen LogP contribution >= 0.6 is 0 Å². The quantitative estimate of drug-likeness (QED) is 0.858. The number of rotatable bonds is 5. The van der Waals surface area contributed by atoms with Gasteiger partial charge in [0.05, 0.1) is 22.7 Å². The van der Waals surface area contributed by atoms with Crippen molar-refractivity contribution in [1.29, 1.82) is 0 Å². The number of carbonyl (C=O) groups is 1. The van der Waals surface area contributed by atoms with Gasteiger partial charge in [-0.15, -0.1) is 0 Å². The summed E-state index contributed by atoms with van der Waals surface area (Å²) in [6, 6.07) is 5.63. The van der Waals surface area contributed by atoms with E-state index in [4.69, 9.17) is 4.74 Å². The Kier molecular flexibility index (Phi) is 5.23. The first-order valence-electron chi connectivity index (χ1n) is 9.39. The van der Waals surface area contributed by atoms with Gasteiger partial charge in [0.2, 0.25) is 0 Å². The number of nitrogens with one attached hydrogen (secondary N) is 1. The number of hydrogen-bond acceptors (Lipinski definition) is 4. The number of likely N-dealkylation sites (tertiary alicyclic amines) is 1. The highest BCUT2D eigenvalue weighted by Gasteiger charge is 2.28. The van der Waals surface area contributed by atoms with Gasteiger partial charge in [0.15, 0.2) is 5.82 Å². The molecule has 1 amide bonds. The molecule has 142 valence electrons. The van der Waals surface area contributed by atoms with Gasteiger partial charge in [-0.2, -0.15) is 0 Å². The molecule has 0 unspecified atom stereocenters. The van der Waals surface area contributed by atoms with E-state index in [0.29, 0.717) is 24.8 Å². The summed E-state index contributed by atoms with van der Waals surface area (Å²) in [6.07, 6.45) is 2.71. The van der Waals surface area contributed by atoms with Crippen LogP contribution in [0.4, 0.5) is 0 Å². The van der Waals surface area contributed by atoms with Crippen LogP contribution in [0.15, 0.2) is 18.2 Å². The number of imidazole rings is 1. The first kappa shape index (κ1) is 18.7. The van der Waals surface area contributed by atoms with Gasteiger partial charge in [-0.3, -0.25) is 4.79 Å². The number of fused-ring (bicyclic) bond motifs is 1. The molecule has 0 radical (unpaired) electrons. The van der Waals surface area contributed by atoms with E-state index >= 15 is 0 Å². The van der Waals surface area contributed by atoms with Gasteiger partial charge in [0.1, 0.15) is 5.75 Å². The summed E-state index contributed by atoms with van der Waals surface area (Å²) in [5, 5.41) is 9.97. The van der Waals surface area contributed by atoms with E-state index in [-0.39, 0.29) is 12.0 Å². The maximum Gasteiger partial charge on any atom is 0.289 e. The van der Waals surface area contributed by atoms with Crippen molar-refractivity contribution in [2.24, 2.45) is 5.92 Å². The van der Waals surface area contributed by atoms with Crippen molar-refractivity contribution < 1.29 is 14.6 Å². The van der Waals surface area contributed by atoms with Crippen molar-refractivity contribution in [2.75, 3.05) is 13.1 Å². The maximum atomic E-state index is 12.8. The van der Waals surface area contributed by atoms with Crippen LogP contribution in [-0.2, 0) is 0 Å². The highest BCUT2D eigenvalue weighted by molar-refractivity contribution is 5.94. The smallest absolute Gasteiger partial charge is 0.289 e. The van der Waals surface area contributed by atoms with Crippen LogP contribution in [-0.4, -0.2) is 50.7 Å². The third kappa shape index (κ3) is 4.55. The Morgan fingerprint density at radius 2 is 2.08 bits per heavy atom. The zero-order chi connectivity index (χ0) is 18.9. The number of aliphatic hydroxyl groups is 1. The van der Waals surface area contributed by atoms with Crippen LogP contribution < -0.4 is 4.74 Å². The Balaban J connectivity index is 1.66. The Bertz CT molecular complexity index is 768. The molecule has 6 nitrogen and oxygen atoms in total. The van der Waals surface area contributed by atoms with Gasteiger partial charge in [-0.05, 0) is 65.0 Å². The molecule has 26 heavy (non-hydrogen) atoms. The molecule has 1 aromatic heterocycles. The first-order chi connectivity index (χ1) is 12.2. The molecule has 2 heterocycles. The van der Waals surface area contributed by atoms with Gasteiger partial charge in [-0.1, -0.05) is 0 Å². The van der Waals surface area contributed by atoms with Gasteiger partial charge < -0.3 is 19.7 Å². The zero-order valence-electron chi connectivity index (χ0n) is 16.1. The molecule has 0 saturated carbocycles. The summed E-state index contributed by atoms with van der Waals surface area (Å²) in [5.41, 5.74) is 0.926.